The Hall–Kier alpha value is -2.03. The van der Waals surface area contributed by atoms with Crippen LogP contribution < -0.4 is 20.1 Å². The van der Waals surface area contributed by atoms with Crippen molar-refractivity contribution in [2.45, 2.75) is 51.8 Å². The van der Waals surface area contributed by atoms with Gasteiger partial charge in [-0.1, -0.05) is 12.1 Å². The molecule has 1 aliphatic rings. The number of methoxy groups -OCH3 is 1. The lowest BCUT2D eigenvalue weighted by Gasteiger charge is -2.15. The molecule has 2 N–H and O–H groups in total. The standard InChI is InChI=1S/C22H30N4O2.HI/c1-16-8-9-18(20(12-16)27-3)15-26-22(23-2)25-14-17-10-11-24-21(13-17)28-19-6-4-5-7-19;/h8-13,19H,4-7,14-15H2,1-3H3,(H2,23,25,26);1H. The lowest BCUT2D eigenvalue weighted by atomic mass is 10.1. The summed E-state index contributed by atoms with van der Waals surface area (Å²) in [5.41, 5.74) is 3.38. The maximum atomic E-state index is 5.99. The first-order valence-electron chi connectivity index (χ1n) is 9.87. The van der Waals surface area contributed by atoms with Crippen molar-refractivity contribution in [3.8, 4) is 11.6 Å². The molecule has 2 aromatic rings. The second-order valence-electron chi connectivity index (χ2n) is 7.12. The molecule has 0 bridgehead atoms. The molecule has 7 heteroatoms. The van der Waals surface area contributed by atoms with Crippen LogP contribution in [-0.4, -0.2) is 31.2 Å². The number of nitrogens with one attached hydrogen (secondary N) is 2. The number of aromatic nitrogens is 1. The van der Waals surface area contributed by atoms with Crippen molar-refractivity contribution in [3.63, 3.8) is 0 Å². The van der Waals surface area contributed by atoms with Gasteiger partial charge in [0.05, 0.1) is 7.11 Å². The average molecular weight is 510 g/mol. The van der Waals surface area contributed by atoms with E-state index in [9.17, 15) is 0 Å². The van der Waals surface area contributed by atoms with Crippen LogP contribution in [0.1, 0.15) is 42.4 Å². The van der Waals surface area contributed by atoms with Crippen LogP contribution in [-0.2, 0) is 13.1 Å². The highest BCUT2D eigenvalue weighted by molar-refractivity contribution is 14.0. The van der Waals surface area contributed by atoms with Gasteiger partial charge >= 0.3 is 0 Å². The fourth-order valence-corrected chi connectivity index (χ4v) is 3.38. The number of ether oxygens (including phenoxy) is 2. The molecule has 0 atom stereocenters. The molecule has 0 spiro atoms. The van der Waals surface area contributed by atoms with E-state index in [-0.39, 0.29) is 24.0 Å². The summed E-state index contributed by atoms with van der Waals surface area (Å²) in [6, 6.07) is 10.2. The first-order valence-corrected chi connectivity index (χ1v) is 9.87. The Balaban J connectivity index is 0.00000300. The third-order valence-electron chi connectivity index (χ3n) is 4.96. The van der Waals surface area contributed by atoms with Gasteiger partial charge in [-0.2, -0.15) is 0 Å². The number of pyridine rings is 1. The maximum Gasteiger partial charge on any atom is 0.213 e. The van der Waals surface area contributed by atoms with Crippen LogP contribution in [0.2, 0.25) is 0 Å². The molecule has 1 aromatic heterocycles. The fraction of sp³-hybridized carbons (Fsp3) is 0.455. The minimum atomic E-state index is 0. The Morgan fingerprint density at radius 2 is 1.90 bits per heavy atom. The van der Waals surface area contributed by atoms with Crippen molar-refractivity contribution in [3.05, 3.63) is 53.2 Å². The van der Waals surface area contributed by atoms with Gasteiger partial charge in [-0.15, -0.1) is 24.0 Å². The van der Waals surface area contributed by atoms with Gasteiger partial charge in [0.2, 0.25) is 5.88 Å². The number of guanidine groups is 1. The van der Waals surface area contributed by atoms with Gasteiger partial charge in [0.1, 0.15) is 11.9 Å². The molecule has 0 aliphatic heterocycles. The van der Waals surface area contributed by atoms with Crippen LogP contribution in [0.3, 0.4) is 0 Å². The topological polar surface area (TPSA) is 67.8 Å². The molecular weight excluding hydrogens is 479 g/mol. The quantitative estimate of drug-likeness (QED) is 0.332. The summed E-state index contributed by atoms with van der Waals surface area (Å²) in [6.07, 6.45) is 6.87. The number of aliphatic imine (C=N–C) groups is 1. The molecule has 1 aliphatic carbocycles. The van der Waals surface area contributed by atoms with Crippen molar-refractivity contribution in [1.82, 2.24) is 15.6 Å². The van der Waals surface area contributed by atoms with Crippen molar-refractivity contribution in [1.29, 1.82) is 0 Å². The van der Waals surface area contributed by atoms with Crippen molar-refractivity contribution >= 4 is 29.9 Å². The van der Waals surface area contributed by atoms with Gasteiger partial charge in [-0.3, -0.25) is 4.99 Å². The molecule has 1 heterocycles. The molecule has 1 fully saturated rings. The highest BCUT2D eigenvalue weighted by atomic mass is 127. The second-order valence-corrected chi connectivity index (χ2v) is 7.12. The zero-order chi connectivity index (χ0) is 19.8. The van der Waals surface area contributed by atoms with Crippen LogP contribution in [0.15, 0.2) is 41.5 Å². The lowest BCUT2D eigenvalue weighted by Crippen LogP contribution is -2.36. The molecule has 1 saturated carbocycles. The Bertz CT molecular complexity index is 807. The molecular formula is C22H31IN4O2. The summed E-state index contributed by atoms with van der Waals surface area (Å²) in [4.78, 5) is 8.65. The minimum absolute atomic E-state index is 0. The Labute approximate surface area is 190 Å². The number of halogens is 1. The number of nitrogens with zero attached hydrogens (tertiary/aromatic N) is 2. The summed E-state index contributed by atoms with van der Waals surface area (Å²) in [7, 11) is 3.46. The fourth-order valence-electron chi connectivity index (χ4n) is 3.38. The van der Waals surface area contributed by atoms with E-state index < -0.39 is 0 Å². The van der Waals surface area contributed by atoms with Gasteiger partial charge in [0.25, 0.3) is 0 Å². The molecule has 0 amide bonds. The van der Waals surface area contributed by atoms with Gasteiger partial charge in [-0.05, 0) is 55.9 Å². The van der Waals surface area contributed by atoms with E-state index in [1.54, 1.807) is 20.4 Å². The van der Waals surface area contributed by atoms with Crippen LogP contribution >= 0.6 is 24.0 Å². The summed E-state index contributed by atoms with van der Waals surface area (Å²) in [5, 5.41) is 6.68. The summed E-state index contributed by atoms with van der Waals surface area (Å²) in [6.45, 7) is 3.34. The van der Waals surface area contributed by atoms with Gasteiger partial charge in [0, 0.05) is 38.0 Å². The first-order chi connectivity index (χ1) is 13.7. The van der Waals surface area contributed by atoms with Crippen LogP contribution in [0.25, 0.3) is 0 Å². The predicted octanol–water partition coefficient (Wildman–Crippen LogP) is 4.20. The summed E-state index contributed by atoms with van der Waals surface area (Å²) in [5.74, 6) is 2.32. The zero-order valence-corrected chi connectivity index (χ0v) is 19.7. The second kappa shape index (κ2) is 11.8. The van der Waals surface area contributed by atoms with Crippen LogP contribution in [0.5, 0.6) is 11.6 Å². The number of benzene rings is 1. The molecule has 158 valence electrons. The van der Waals surface area contributed by atoms with Gasteiger partial charge in [-0.25, -0.2) is 4.98 Å². The van der Waals surface area contributed by atoms with Gasteiger partial charge < -0.3 is 20.1 Å². The number of hydrogen-bond acceptors (Lipinski definition) is 4. The molecule has 0 radical (unpaired) electrons. The molecule has 6 nitrogen and oxygen atoms in total. The third-order valence-corrected chi connectivity index (χ3v) is 4.96. The predicted molar refractivity (Wildman–Crippen MR) is 127 cm³/mol. The van der Waals surface area contributed by atoms with E-state index in [0.29, 0.717) is 25.1 Å². The van der Waals surface area contributed by atoms with E-state index in [4.69, 9.17) is 9.47 Å². The number of aryl methyl sites for hydroxylation is 1. The first kappa shape index (κ1) is 23.3. The van der Waals surface area contributed by atoms with Crippen molar-refractivity contribution < 1.29 is 9.47 Å². The average Bonchev–Trinajstić information content (AvgIpc) is 3.22. The Morgan fingerprint density at radius 3 is 2.62 bits per heavy atom. The van der Waals surface area contributed by atoms with Crippen LogP contribution in [0, 0.1) is 6.92 Å². The molecule has 0 unspecified atom stereocenters. The monoisotopic (exact) mass is 510 g/mol. The molecule has 3 rings (SSSR count). The SMILES string of the molecule is CN=C(NCc1ccnc(OC2CCCC2)c1)NCc1ccc(C)cc1OC.I. The molecule has 1 aromatic carbocycles. The molecule has 29 heavy (non-hydrogen) atoms. The third kappa shape index (κ3) is 7.06. The smallest absolute Gasteiger partial charge is 0.213 e. The van der Waals surface area contributed by atoms with E-state index in [1.165, 1.54) is 18.4 Å². The largest absolute Gasteiger partial charge is 0.496 e. The Kier molecular flexibility index (Phi) is 9.50. The highest BCUT2D eigenvalue weighted by Crippen LogP contribution is 2.23. The minimum Gasteiger partial charge on any atom is -0.496 e. The number of hydrogen-bond donors (Lipinski definition) is 2. The van der Waals surface area contributed by atoms with E-state index in [2.05, 4.69) is 39.7 Å². The summed E-state index contributed by atoms with van der Waals surface area (Å²) < 4.78 is 11.5. The van der Waals surface area contributed by atoms with Crippen molar-refractivity contribution in [2.75, 3.05) is 14.2 Å². The lowest BCUT2D eigenvalue weighted by molar-refractivity contribution is 0.201. The maximum absolute atomic E-state index is 5.99. The van der Waals surface area contributed by atoms with E-state index in [1.807, 2.05) is 18.2 Å². The molecule has 0 saturated heterocycles. The van der Waals surface area contributed by atoms with E-state index >= 15 is 0 Å². The van der Waals surface area contributed by atoms with Gasteiger partial charge in [0.15, 0.2) is 5.96 Å². The van der Waals surface area contributed by atoms with Crippen molar-refractivity contribution in [2.24, 2.45) is 4.99 Å². The van der Waals surface area contributed by atoms with Crippen LogP contribution in [0.4, 0.5) is 0 Å². The van der Waals surface area contributed by atoms with E-state index in [0.717, 1.165) is 35.7 Å². The summed E-state index contributed by atoms with van der Waals surface area (Å²) >= 11 is 0. The number of rotatable bonds is 7. The zero-order valence-electron chi connectivity index (χ0n) is 17.4. The highest BCUT2D eigenvalue weighted by Gasteiger charge is 2.17. The normalized spacial score (nSPS) is 14.2. The Morgan fingerprint density at radius 1 is 1.14 bits per heavy atom.